The normalized spacial score (nSPS) is 12.5. The SMILES string of the molecule is Cc1ccccc1C(C/C(=N\O)c1ccc(=O)n(C)c1)c1ccc(C(=O)CCCO)cc1. The maximum absolute atomic E-state index is 12.3. The highest BCUT2D eigenvalue weighted by Crippen LogP contribution is 2.32. The zero-order valence-corrected chi connectivity index (χ0v) is 18.4. The largest absolute Gasteiger partial charge is 0.411 e. The van der Waals surface area contributed by atoms with Crippen molar-refractivity contribution in [3.63, 3.8) is 0 Å². The number of nitrogens with zero attached hydrogens (tertiary/aromatic N) is 2. The zero-order valence-electron chi connectivity index (χ0n) is 18.4. The molecule has 0 fully saturated rings. The molecule has 2 aromatic carbocycles. The standard InChI is InChI=1S/C26H28N2O4/c1-18-6-3-4-7-22(18)23(16-24(27-32)21-13-14-26(31)28(2)17-21)19-9-11-20(12-10-19)25(30)8-5-15-29/h3-4,6-7,9-14,17,23,29,32H,5,8,15-16H2,1-2H3/b27-24+. The fourth-order valence-electron chi connectivity index (χ4n) is 3.84. The van der Waals surface area contributed by atoms with E-state index in [2.05, 4.69) is 11.2 Å². The Morgan fingerprint density at radius 3 is 2.34 bits per heavy atom. The van der Waals surface area contributed by atoms with Gasteiger partial charge in [0, 0.05) is 55.8 Å². The van der Waals surface area contributed by atoms with Crippen LogP contribution in [0.25, 0.3) is 0 Å². The molecule has 0 saturated heterocycles. The number of carbonyl (C=O) groups is 1. The van der Waals surface area contributed by atoms with Crippen molar-refractivity contribution in [3.05, 3.63) is 105 Å². The lowest BCUT2D eigenvalue weighted by Gasteiger charge is -2.21. The summed E-state index contributed by atoms with van der Waals surface area (Å²) in [6.07, 6.45) is 2.83. The average molecular weight is 433 g/mol. The van der Waals surface area contributed by atoms with Gasteiger partial charge in [-0.25, -0.2) is 0 Å². The van der Waals surface area contributed by atoms with Gasteiger partial charge in [0.05, 0.1) is 5.71 Å². The molecule has 0 aliphatic heterocycles. The first kappa shape index (κ1) is 23.2. The van der Waals surface area contributed by atoms with E-state index in [4.69, 9.17) is 5.11 Å². The van der Waals surface area contributed by atoms with Crippen LogP contribution in [0.3, 0.4) is 0 Å². The molecule has 0 bridgehead atoms. The van der Waals surface area contributed by atoms with Crippen LogP contribution in [0.15, 0.2) is 76.8 Å². The summed E-state index contributed by atoms with van der Waals surface area (Å²) < 4.78 is 1.45. The van der Waals surface area contributed by atoms with E-state index < -0.39 is 0 Å². The smallest absolute Gasteiger partial charge is 0.250 e. The molecule has 1 aromatic heterocycles. The van der Waals surface area contributed by atoms with Crippen molar-refractivity contribution in [3.8, 4) is 0 Å². The summed E-state index contributed by atoms with van der Waals surface area (Å²) in [5, 5.41) is 22.3. The van der Waals surface area contributed by atoms with Gasteiger partial charge < -0.3 is 14.9 Å². The maximum atomic E-state index is 12.3. The molecule has 0 spiro atoms. The van der Waals surface area contributed by atoms with Crippen molar-refractivity contribution in [2.45, 2.75) is 32.1 Å². The van der Waals surface area contributed by atoms with Crippen molar-refractivity contribution in [1.82, 2.24) is 4.57 Å². The lowest BCUT2D eigenvalue weighted by atomic mass is 9.83. The van der Waals surface area contributed by atoms with E-state index in [0.29, 0.717) is 36.1 Å². The second-order valence-electron chi connectivity index (χ2n) is 7.90. The molecule has 6 heteroatoms. The van der Waals surface area contributed by atoms with Gasteiger partial charge in [0.15, 0.2) is 5.78 Å². The summed E-state index contributed by atoms with van der Waals surface area (Å²) in [6.45, 7) is 2.03. The molecule has 1 heterocycles. The van der Waals surface area contributed by atoms with E-state index in [-0.39, 0.29) is 23.9 Å². The molecule has 3 aromatic rings. The number of rotatable bonds is 9. The summed E-state index contributed by atoms with van der Waals surface area (Å²) in [5.74, 6) is -0.109. The Kier molecular flexibility index (Phi) is 7.73. The van der Waals surface area contributed by atoms with Crippen molar-refractivity contribution < 1.29 is 15.1 Å². The average Bonchev–Trinajstić information content (AvgIpc) is 2.81. The maximum Gasteiger partial charge on any atom is 0.250 e. The molecular formula is C26H28N2O4. The molecule has 0 aliphatic rings. The molecule has 0 aliphatic carbocycles. The van der Waals surface area contributed by atoms with E-state index in [1.165, 1.54) is 10.6 Å². The van der Waals surface area contributed by atoms with Gasteiger partial charge in [-0.3, -0.25) is 9.59 Å². The highest BCUT2D eigenvalue weighted by molar-refractivity contribution is 6.00. The monoisotopic (exact) mass is 432 g/mol. The molecule has 2 N–H and O–H groups in total. The first-order valence-electron chi connectivity index (χ1n) is 10.6. The third-order valence-corrected chi connectivity index (χ3v) is 5.70. The molecule has 1 unspecified atom stereocenters. The number of hydrogen-bond acceptors (Lipinski definition) is 5. The molecule has 1 atom stereocenters. The second-order valence-corrected chi connectivity index (χ2v) is 7.90. The Hall–Kier alpha value is -3.51. The van der Waals surface area contributed by atoms with E-state index in [0.717, 1.165) is 16.7 Å². The Bertz CT molecular complexity index is 1160. The fraction of sp³-hybridized carbons (Fsp3) is 0.269. The van der Waals surface area contributed by atoms with Crippen LogP contribution >= 0.6 is 0 Å². The van der Waals surface area contributed by atoms with Crippen LogP contribution < -0.4 is 5.56 Å². The number of aromatic nitrogens is 1. The molecule has 0 saturated carbocycles. The van der Waals surface area contributed by atoms with Crippen LogP contribution in [0.5, 0.6) is 0 Å². The summed E-state index contributed by atoms with van der Waals surface area (Å²) in [6, 6.07) is 18.6. The summed E-state index contributed by atoms with van der Waals surface area (Å²) in [5.41, 5.74) is 4.81. The topological polar surface area (TPSA) is 91.9 Å². The molecule has 6 nitrogen and oxygen atoms in total. The van der Waals surface area contributed by atoms with E-state index >= 15 is 0 Å². The highest BCUT2D eigenvalue weighted by atomic mass is 16.4. The summed E-state index contributed by atoms with van der Waals surface area (Å²) in [4.78, 5) is 24.1. The quantitative estimate of drug-likeness (QED) is 0.231. The Morgan fingerprint density at radius 1 is 1.03 bits per heavy atom. The van der Waals surface area contributed by atoms with Gasteiger partial charge in [0.1, 0.15) is 0 Å². The van der Waals surface area contributed by atoms with Crippen LogP contribution in [0.2, 0.25) is 0 Å². The number of carbonyl (C=O) groups excluding carboxylic acids is 1. The number of aliphatic hydroxyl groups excluding tert-OH is 1. The molecular weight excluding hydrogens is 404 g/mol. The lowest BCUT2D eigenvalue weighted by molar-refractivity contribution is 0.0971. The number of ketones is 1. The van der Waals surface area contributed by atoms with Gasteiger partial charge in [-0.2, -0.15) is 0 Å². The first-order valence-corrected chi connectivity index (χ1v) is 10.6. The van der Waals surface area contributed by atoms with E-state index in [1.54, 1.807) is 19.3 Å². The van der Waals surface area contributed by atoms with Crippen molar-refractivity contribution in [2.24, 2.45) is 12.2 Å². The van der Waals surface area contributed by atoms with Gasteiger partial charge in [-0.1, -0.05) is 53.7 Å². The number of aryl methyl sites for hydroxylation is 2. The van der Waals surface area contributed by atoms with Gasteiger partial charge >= 0.3 is 0 Å². The zero-order chi connectivity index (χ0) is 23.1. The predicted molar refractivity (Wildman–Crippen MR) is 125 cm³/mol. The Balaban J connectivity index is 1.97. The van der Waals surface area contributed by atoms with Gasteiger partial charge in [-0.05, 0) is 36.1 Å². The van der Waals surface area contributed by atoms with Gasteiger partial charge in [-0.15, -0.1) is 0 Å². The predicted octanol–water partition coefficient (Wildman–Crippen LogP) is 4.05. The van der Waals surface area contributed by atoms with E-state index in [9.17, 15) is 14.8 Å². The number of aliphatic hydroxyl groups is 1. The molecule has 0 radical (unpaired) electrons. The third-order valence-electron chi connectivity index (χ3n) is 5.70. The number of benzene rings is 2. The van der Waals surface area contributed by atoms with Crippen molar-refractivity contribution in [2.75, 3.05) is 6.61 Å². The minimum atomic E-state index is -0.136. The summed E-state index contributed by atoms with van der Waals surface area (Å²) in [7, 11) is 1.66. The first-order chi connectivity index (χ1) is 15.4. The summed E-state index contributed by atoms with van der Waals surface area (Å²) >= 11 is 0. The number of Topliss-reactive ketones (excluding diaryl/α,β-unsaturated/α-hetero) is 1. The molecule has 166 valence electrons. The lowest BCUT2D eigenvalue weighted by Crippen LogP contribution is -2.18. The van der Waals surface area contributed by atoms with Gasteiger partial charge in [0.2, 0.25) is 5.56 Å². The number of hydrogen-bond donors (Lipinski definition) is 2. The van der Waals surface area contributed by atoms with Crippen molar-refractivity contribution >= 4 is 11.5 Å². The minimum absolute atomic E-state index is 0.000791. The highest BCUT2D eigenvalue weighted by Gasteiger charge is 2.21. The molecule has 0 amide bonds. The Morgan fingerprint density at radius 2 is 1.72 bits per heavy atom. The van der Waals surface area contributed by atoms with Crippen LogP contribution in [0, 0.1) is 6.92 Å². The van der Waals surface area contributed by atoms with Crippen LogP contribution in [0.1, 0.15) is 57.8 Å². The van der Waals surface area contributed by atoms with Crippen LogP contribution in [0.4, 0.5) is 0 Å². The third kappa shape index (κ3) is 5.39. The molecule has 3 rings (SSSR count). The van der Waals surface area contributed by atoms with Gasteiger partial charge in [0.25, 0.3) is 0 Å². The second kappa shape index (κ2) is 10.7. The van der Waals surface area contributed by atoms with Crippen LogP contribution in [-0.2, 0) is 7.05 Å². The molecule has 32 heavy (non-hydrogen) atoms. The van der Waals surface area contributed by atoms with E-state index in [1.807, 2.05) is 49.4 Å². The Labute approximate surface area is 187 Å². The van der Waals surface area contributed by atoms with Crippen molar-refractivity contribution in [1.29, 1.82) is 0 Å². The number of oxime groups is 1. The fourth-order valence-corrected chi connectivity index (χ4v) is 3.84. The number of pyridine rings is 1. The van der Waals surface area contributed by atoms with Crippen LogP contribution in [-0.4, -0.2) is 33.0 Å². The minimum Gasteiger partial charge on any atom is -0.411 e.